The van der Waals surface area contributed by atoms with Crippen LogP contribution in [-0.2, 0) is 0 Å². The fraction of sp³-hybridized carbons (Fsp3) is 0.640. The number of carbonyl (C=O) groups excluding carboxylic acids is 1. The highest BCUT2D eigenvalue weighted by Gasteiger charge is 2.60. The van der Waals surface area contributed by atoms with Crippen LogP contribution in [0.5, 0.6) is 5.88 Å². The second kappa shape index (κ2) is 7.00. The van der Waals surface area contributed by atoms with Crippen molar-refractivity contribution in [3.63, 3.8) is 0 Å². The van der Waals surface area contributed by atoms with Gasteiger partial charge < -0.3 is 14.2 Å². The van der Waals surface area contributed by atoms with Crippen LogP contribution in [0.4, 0.5) is 8.78 Å². The average Bonchev–Trinajstić information content (AvgIpc) is 3.63. The summed E-state index contributed by atoms with van der Waals surface area (Å²) in [5.41, 5.74) is 1.61. The lowest BCUT2D eigenvalue weighted by molar-refractivity contribution is -0.0715. The topological polar surface area (TPSA) is 60.2 Å². The molecule has 0 unspecified atom stereocenters. The zero-order chi connectivity index (χ0) is 23.0. The van der Waals surface area contributed by atoms with Gasteiger partial charge >= 0.3 is 0 Å². The monoisotopic (exact) mass is 456 g/mol. The third-order valence-electron chi connectivity index (χ3n) is 8.26. The normalized spacial score (nSPS) is 23.2. The predicted octanol–water partition coefficient (Wildman–Crippen LogP) is 4.76. The molecule has 0 aromatic carbocycles. The van der Waals surface area contributed by atoms with E-state index in [4.69, 9.17) is 4.74 Å². The summed E-state index contributed by atoms with van der Waals surface area (Å²) in [6.07, 6.45) is 11.3. The molecule has 1 amide bonds. The Morgan fingerprint density at radius 2 is 1.97 bits per heavy atom. The van der Waals surface area contributed by atoms with Crippen LogP contribution < -0.4 is 4.74 Å². The van der Waals surface area contributed by atoms with Crippen LogP contribution in [0, 0.1) is 17.8 Å². The minimum absolute atomic E-state index is 0.0244. The first-order valence-electron chi connectivity index (χ1n) is 12.0. The van der Waals surface area contributed by atoms with Crippen LogP contribution in [0.2, 0.25) is 0 Å². The summed E-state index contributed by atoms with van der Waals surface area (Å²) in [6.45, 7) is 4.26. The van der Waals surface area contributed by atoms with E-state index in [2.05, 4.69) is 20.7 Å². The lowest BCUT2D eigenvalue weighted by atomic mass is 9.60. The van der Waals surface area contributed by atoms with Gasteiger partial charge in [0.1, 0.15) is 6.61 Å². The molecule has 2 aromatic heterocycles. The molecule has 0 N–H and O–H groups in total. The summed E-state index contributed by atoms with van der Waals surface area (Å²) in [5.74, 6) is -1.78. The average molecular weight is 457 g/mol. The van der Waals surface area contributed by atoms with Gasteiger partial charge in [0.05, 0.1) is 23.0 Å². The molecule has 176 valence electrons. The third-order valence-corrected chi connectivity index (χ3v) is 8.26. The number of rotatable bonds is 7. The van der Waals surface area contributed by atoms with Gasteiger partial charge in [-0.15, -0.1) is 0 Å². The molecule has 0 atom stereocenters. The van der Waals surface area contributed by atoms with Crippen LogP contribution in [0.15, 0.2) is 24.8 Å². The minimum atomic E-state index is -2.76. The van der Waals surface area contributed by atoms with E-state index in [1.54, 1.807) is 13.0 Å². The van der Waals surface area contributed by atoms with E-state index < -0.39 is 11.3 Å². The van der Waals surface area contributed by atoms with E-state index in [1.165, 1.54) is 24.7 Å². The first-order valence-corrected chi connectivity index (χ1v) is 12.0. The number of pyridine rings is 1. The molecule has 3 aliphatic carbocycles. The molecule has 8 heteroatoms. The highest BCUT2D eigenvalue weighted by atomic mass is 19.3. The fourth-order valence-corrected chi connectivity index (χ4v) is 5.54. The van der Waals surface area contributed by atoms with E-state index in [-0.39, 0.29) is 17.9 Å². The van der Waals surface area contributed by atoms with Crippen LogP contribution in [0.1, 0.15) is 79.0 Å². The molecule has 4 fully saturated rings. The Morgan fingerprint density at radius 3 is 2.58 bits per heavy atom. The summed E-state index contributed by atoms with van der Waals surface area (Å²) >= 11 is 0. The SMILES string of the molecule is Cc1cc(C(=O)N2CC3(CC(n4cnc(C5CC5)c4)C3)C2)cnc1OCC1(C(C)(F)F)CC1. The number of carbonyl (C=O) groups is 1. The van der Waals surface area contributed by atoms with Gasteiger partial charge in [-0.05, 0) is 51.5 Å². The van der Waals surface area contributed by atoms with Gasteiger partial charge in [0.15, 0.2) is 0 Å². The molecule has 4 aliphatic rings. The number of hydrogen-bond donors (Lipinski definition) is 0. The maximum absolute atomic E-state index is 13.8. The molecular weight excluding hydrogens is 426 g/mol. The molecule has 2 aromatic rings. The summed E-state index contributed by atoms with van der Waals surface area (Å²) in [5, 5.41) is 0. The van der Waals surface area contributed by atoms with E-state index in [9.17, 15) is 13.6 Å². The lowest BCUT2D eigenvalue weighted by Crippen LogP contribution is -2.63. The predicted molar refractivity (Wildman–Crippen MR) is 118 cm³/mol. The number of ether oxygens (including phenoxy) is 1. The smallest absolute Gasteiger partial charge is 0.255 e. The van der Waals surface area contributed by atoms with Crippen molar-refractivity contribution in [1.82, 2.24) is 19.4 Å². The molecule has 6 rings (SSSR count). The number of imidazole rings is 1. The molecule has 1 saturated heterocycles. The zero-order valence-corrected chi connectivity index (χ0v) is 19.2. The standard InChI is InChI=1S/C25H30F2N4O2/c1-16-7-18(10-28-21(16)33-14-25(5-6-25)23(2,26)27)22(32)31-12-24(13-31)8-19(9-24)30-11-20(29-15-30)17-3-4-17/h7,10-11,15,17,19H,3-6,8-9,12-14H2,1-2H3. The van der Waals surface area contributed by atoms with Crippen LogP contribution in [-0.4, -0.2) is 51.0 Å². The Kier molecular flexibility index (Phi) is 4.46. The van der Waals surface area contributed by atoms with Gasteiger partial charge in [-0.1, -0.05) is 0 Å². The Hall–Kier alpha value is -2.51. The number of amides is 1. The lowest BCUT2D eigenvalue weighted by Gasteiger charge is -2.59. The van der Waals surface area contributed by atoms with Crippen molar-refractivity contribution in [2.45, 2.75) is 70.3 Å². The minimum Gasteiger partial charge on any atom is -0.477 e. The number of alkyl halides is 2. The van der Waals surface area contributed by atoms with Gasteiger partial charge in [0, 0.05) is 55.3 Å². The maximum atomic E-state index is 13.8. The number of aromatic nitrogens is 3. The third kappa shape index (κ3) is 3.62. The van der Waals surface area contributed by atoms with Gasteiger partial charge in [0.25, 0.3) is 11.8 Å². The number of nitrogens with zero attached hydrogens (tertiary/aromatic N) is 4. The quantitative estimate of drug-likeness (QED) is 0.603. The van der Waals surface area contributed by atoms with E-state index in [0.29, 0.717) is 41.8 Å². The number of aryl methyl sites for hydroxylation is 1. The number of halogens is 2. The van der Waals surface area contributed by atoms with Crippen molar-refractivity contribution in [1.29, 1.82) is 0 Å². The molecule has 0 bridgehead atoms. The van der Waals surface area contributed by atoms with Gasteiger partial charge in [0.2, 0.25) is 5.88 Å². The first-order chi connectivity index (χ1) is 15.7. The zero-order valence-electron chi connectivity index (χ0n) is 19.2. The highest BCUT2D eigenvalue weighted by Crippen LogP contribution is 2.57. The summed E-state index contributed by atoms with van der Waals surface area (Å²) in [6, 6.07) is 2.25. The largest absolute Gasteiger partial charge is 0.477 e. The second-order valence-corrected chi connectivity index (χ2v) is 11.0. The van der Waals surface area contributed by atoms with Crippen molar-refractivity contribution >= 4 is 5.91 Å². The molecule has 1 aliphatic heterocycles. The van der Waals surface area contributed by atoms with E-state index in [1.807, 2.05) is 11.2 Å². The van der Waals surface area contributed by atoms with Gasteiger partial charge in [-0.25, -0.2) is 18.7 Å². The Morgan fingerprint density at radius 1 is 1.24 bits per heavy atom. The van der Waals surface area contributed by atoms with Crippen molar-refractivity contribution in [2.75, 3.05) is 19.7 Å². The van der Waals surface area contributed by atoms with Crippen molar-refractivity contribution < 1.29 is 18.3 Å². The van der Waals surface area contributed by atoms with Gasteiger partial charge in [-0.2, -0.15) is 0 Å². The van der Waals surface area contributed by atoms with E-state index in [0.717, 1.165) is 32.9 Å². The summed E-state index contributed by atoms with van der Waals surface area (Å²) < 4.78 is 35.4. The maximum Gasteiger partial charge on any atom is 0.255 e. The highest BCUT2D eigenvalue weighted by molar-refractivity contribution is 5.94. The Balaban J connectivity index is 1.02. The molecule has 3 saturated carbocycles. The summed E-state index contributed by atoms with van der Waals surface area (Å²) in [7, 11) is 0. The Bertz CT molecular complexity index is 1090. The van der Waals surface area contributed by atoms with Crippen LogP contribution in [0.25, 0.3) is 0 Å². The van der Waals surface area contributed by atoms with Crippen molar-refractivity contribution in [3.05, 3.63) is 41.6 Å². The molecule has 3 heterocycles. The molecule has 6 nitrogen and oxygen atoms in total. The van der Waals surface area contributed by atoms with E-state index >= 15 is 0 Å². The van der Waals surface area contributed by atoms with Crippen LogP contribution in [0.3, 0.4) is 0 Å². The van der Waals surface area contributed by atoms with Crippen molar-refractivity contribution in [3.8, 4) is 5.88 Å². The fourth-order valence-electron chi connectivity index (χ4n) is 5.54. The first kappa shape index (κ1) is 21.1. The molecule has 1 spiro atoms. The molecule has 0 radical (unpaired) electrons. The Labute approximate surface area is 192 Å². The second-order valence-electron chi connectivity index (χ2n) is 11.0. The molecular formula is C25H30F2N4O2. The number of hydrogen-bond acceptors (Lipinski definition) is 4. The van der Waals surface area contributed by atoms with Crippen LogP contribution >= 0.6 is 0 Å². The van der Waals surface area contributed by atoms with Crippen molar-refractivity contribution in [2.24, 2.45) is 10.8 Å². The number of likely N-dealkylation sites (tertiary alicyclic amines) is 1. The van der Waals surface area contributed by atoms with Gasteiger partial charge in [-0.3, -0.25) is 4.79 Å². The molecule has 33 heavy (non-hydrogen) atoms. The summed E-state index contributed by atoms with van der Waals surface area (Å²) in [4.78, 5) is 23.7.